The molecule has 0 N–H and O–H groups in total. The zero-order valence-electron chi connectivity index (χ0n) is 16.7. The predicted octanol–water partition coefficient (Wildman–Crippen LogP) is 6.12. The van der Waals surface area contributed by atoms with Gasteiger partial charge in [-0.05, 0) is 30.7 Å². The van der Waals surface area contributed by atoms with Crippen LogP contribution in [0.15, 0.2) is 89.6 Å². The minimum absolute atomic E-state index is 0.129. The maximum Gasteiger partial charge on any atom is 0.307 e. The summed E-state index contributed by atoms with van der Waals surface area (Å²) in [6.07, 6.45) is 4.49. The van der Waals surface area contributed by atoms with Gasteiger partial charge < -0.3 is 4.42 Å². The first-order valence-electron chi connectivity index (χ1n) is 9.62. The molecule has 6 heteroatoms. The average molecular weight is 410 g/mol. The van der Waals surface area contributed by atoms with E-state index in [1.807, 2.05) is 36.4 Å². The number of allylic oxidation sites excluding steroid dienone is 1. The lowest BCUT2D eigenvalue weighted by Crippen LogP contribution is -2.09. The Morgan fingerprint density at radius 1 is 1.00 bits per heavy atom. The Bertz CT molecular complexity index is 1260. The summed E-state index contributed by atoms with van der Waals surface area (Å²) in [6, 6.07) is 21.5. The molecule has 0 unspecified atom stereocenters. The van der Waals surface area contributed by atoms with Crippen LogP contribution in [0.2, 0.25) is 0 Å². The number of nitrogens with zero attached hydrogens (tertiary/aromatic N) is 2. The lowest BCUT2D eigenvalue weighted by Gasteiger charge is -2.13. The zero-order valence-corrected chi connectivity index (χ0v) is 16.7. The van der Waals surface area contributed by atoms with E-state index in [0.29, 0.717) is 11.3 Å². The fourth-order valence-electron chi connectivity index (χ4n) is 3.45. The van der Waals surface area contributed by atoms with Crippen molar-refractivity contribution in [2.45, 2.75) is 6.92 Å². The van der Waals surface area contributed by atoms with Crippen LogP contribution >= 0.6 is 0 Å². The molecule has 0 saturated carbocycles. The normalized spacial score (nSPS) is 11.0. The van der Waals surface area contributed by atoms with Crippen LogP contribution < -0.4 is 0 Å². The molecule has 0 fully saturated rings. The Morgan fingerprint density at radius 3 is 2.29 bits per heavy atom. The number of hydrogen-bond donors (Lipinski definition) is 0. The number of hydrogen-bond acceptors (Lipinski definition) is 5. The Kier molecular flexibility index (Phi) is 5.53. The van der Waals surface area contributed by atoms with Crippen LogP contribution in [0.3, 0.4) is 0 Å². The number of furan rings is 1. The maximum atomic E-state index is 13.2. The molecular formula is C25H18N2O4. The molecule has 0 aliphatic heterocycles. The highest BCUT2D eigenvalue weighted by molar-refractivity contribution is 6.13. The van der Waals surface area contributed by atoms with Crippen molar-refractivity contribution in [2.75, 3.05) is 0 Å². The number of carbonyl (C=O) groups excluding carboxylic acids is 1. The lowest BCUT2D eigenvalue weighted by atomic mass is 9.95. The van der Waals surface area contributed by atoms with Gasteiger partial charge in [0.05, 0.1) is 22.4 Å². The second-order valence-electron chi connectivity index (χ2n) is 6.85. The number of aryl methyl sites for hydroxylation is 1. The molecule has 0 bridgehead atoms. The third-order valence-corrected chi connectivity index (χ3v) is 4.82. The number of pyridine rings is 1. The van der Waals surface area contributed by atoms with Crippen LogP contribution in [-0.4, -0.2) is 15.7 Å². The quantitative estimate of drug-likeness (QED) is 0.165. The van der Waals surface area contributed by atoms with Crippen LogP contribution in [0.5, 0.6) is 0 Å². The van der Waals surface area contributed by atoms with Crippen LogP contribution in [0, 0.1) is 17.0 Å². The fourth-order valence-corrected chi connectivity index (χ4v) is 3.45. The Morgan fingerprint density at radius 2 is 1.68 bits per heavy atom. The first-order valence-corrected chi connectivity index (χ1v) is 9.62. The van der Waals surface area contributed by atoms with Gasteiger partial charge in [0.1, 0.15) is 17.0 Å². The van der Waals surface area contributed by atoms with Crippen LogP contribution in [0.25, 0.3) is 28.7 Å². The summed E-state index contributed by atoms with van der Waals surface area (Å²) in [5.41, 5.74) is 2.03. The molecule has 0 spiro atoms. The molecule has 2 heterocycles. The van der Waals surface area contributed by atoms with Crippen molar-refractivity contribution in [1.29, 1.82) is 0 Å². The van der Waals surface area contributed by atoms with E-state index >= 15 is 0 Å². The summed E-state index contributed by atoms with van der Waals surface area (Å²) in [7, 11) is 0. The first kappa shape index (κ1) is 20.0. The molecule has 0 amide bonds. The van der Waals surface area contributed by atoms with Gasteiger partial charge >= 0.3 is 5.69 Å². The Labute approximate surface area is 178 Å². The van der Waals surface area contributed by atoms with Crippen LogP contribution in [0.1, 0.15) is 21.6 Å². The molecule has 2 aromatic carbocycles. The molecule has 4 rings (SSSR count). The van der Waals surface area contributed by atoms with E-state index in [4.69, 9.17) is 4.42 Å². The van der Waals surface area contributed by atoms with Gasteiger partial charge in [0.2, 0.25) is 0 Å². The summed E-state index contributed by atoms with van der Waals surface area (Å²) >= 11 is 0. The van der Waals surface area contributed by atoms with Gasteiger partial charge in [-0.25, -0.2) is 4.98 Å². The van der Waals surface area contributed by atoms with Crippen molar-refractivity contribution in [3.8, 4) is 22.6 Å². The van der Waals surface area contributed by atoms with E-state index in [1.54, 1.807) is 49.4 Å². The van der Waals surface area contributed by atoms with Crippen molar-refractivity contribution in [2.24, 2.45) is 0 Å². The average Bonchev–Trinajstić information content (AvgIpc) is 3.32. The lowest BCUT2D eigenvalue weighted by molar-refractivity contribution is -0.383. The summed E-state index contributed by atoms with van der Waals surface area (Å²) in [4.78, 5) is 29.3. The molecule has 4 aromatic rings. The number of carbonyl (C=O) groups is 1. The van der Waals surface area contributed by atoms with Crippen LogP contribution in [-0.2, 0) is 0 Å². The predicted molar refractivity (Wildman–Crippen MR) is 119 cm³/mol. The van der Waals surface area contributed by atoms with E-state index in [9.17, 15) is 14.9 Å². The van der Waals surface area contributed by atoms with E-state index in [2.05, 4.69) is 4.98 Å². The fraction of sp³-hybridized carbons (Fsp3) is 0.0400. The van der Waals surface area contributed by atoms with E-state index < -0.39 is 4.92 Å². The van der Waals surface area contributed by atoms with Crippen molar-refractivity contribution in [1.82, 2.24) is 4.98 Å². The highest BCUT2D eigenvalue weighted by Gasteiger charge is 2.32. The summed E-state index contributed by atoms with van der Waals surface area (Å²) in [5, 5.41) is 12.2. The highest BCUT2D eigenvalue weighted by atomic mass is 16.6. The third kappa shape index (κ3) is 4.04. The molecule has 152 valence electrons. The summed E-state index contributed by atoms with van der Waals surface area (Å²) < 4.78 is 5.50. The Hall–Kier alpha value is -4.32. The summed E-state index contributed by atoms with van der Waals surface area (Å²) in [6.45, 7) is 1.67. The van der Waals surface area contributed by atoms with Crippen molar-refractivity contribution in [3.63, 3.8) is 0 Å². The highest BCUT2D eigenvalue weighted by Crippen LogP contribution is 2.41. The topological polar surface area (TPSA) is 86.2 Å². The van der Waals surface area contributed by atoms with Gasteiger partial charge in [-0.15, -0.1) is 0 Å². The minimum Gasteiger partial charge on any atom is -0.464 e. The molecular weight excluding hydrogens is 392 g/mol. The van der Waals surface area contributed by atoms with Gasteiger partial charge in [-0.2, -0.15) is 0 Å². The SMILES string of the molecule is Cc1nc(-c2ccccc2)c([N+](=O)[O-])c(-c2ccco2)c1C(=O)C=Cc1ccccc1. The van der Waals surface area contributed by atoms with E-state index in [1.165, 1.54) is 12.3 Å². The number of ketones is 1. The van der Waals surface area contributed by atoms with Gasteiger partial charge in [-0.1, -0.05) is 66.7 Å². The Balaban J connectivity index is 1.95. The van der Waals surface area contributed by atoms with Gasteiger partial charge in [-0.3, -0.25) is 14.9 Å². The van der Waals surface area contributed by atoms with Gasteiger partial charge in [0, 0.05) is 5.56 Å². The van der Waals surface area contributed by atoms with E-state index in [0.717, 1.165) is 5.56 Å². The molecule has 0 atom stereocenters. The second-order valence-corrected chi connectivity index (χ2v) is 6.85. The van der Waals surface area contributed by atoms with Crippen molar-refractivity contribution >= 4 is 17.5 Å². The second kappa shape index (κ2) is 8.59. The number of nitro groups is 1. The van der Waals surface area contributed by atoms with E-state index in [-0.39, 0.29) is 34.1 Å². The monoisotopic (exact) mass is 410 g/mol. The van der Waals surface area contributed by atoms with Gasteiger partial charge in [0.15, 0.2) is 5.78 Å². The third-order valence-electron chi connectivity index (χ3n) is 4.82. The van der Waals surface area contributed by atoms with Crippen molar-refractivity contribution in [3.05, 3.63) is 112 Å². The molecule has 0 aliphatic rings. The number of rotatable bonds is 6. The number of benzene rings is 2. The van der Waals surface area contributed by atoms with Gasteiger partial charge in [0.25, 0.3) is 0 Å². The van der Waals surface area contributed by atoms with Crippen molar-refractivity contribution < 1.29 is 14.1 Å². The molecule has 0 radical (unpaired) electrons. The smallest absolute Gasteiger partial charge is 0.307 e. The largest absolute Gasteiger partial charge is 0.464 e. The summed E-state index contributed by atoms with van der Waals surface area (Å²) in [5.74, 6) is -0.145. The molecule has 31 heavy (non-hydrogen) atoms. The van der Waals surface area contributed by atoms with Crippen LogP contribution in [0.4, 0.5) is 5.69 Å². The molecule has 2 aromatic heterocycles. The standard InChI is InChI=1S/C25H18N2O4/c1-17-22(20(28)15-14-18-9-4-2-5-10-18)23(21-13-8-16-31-21)25(27(29)30)24(26-17)19-11-6-3-7-12-19/h2-16H,1H3. The molecule has 6 nitrogen and oxygen atoms in total. The zero-order chi connectivity index (χ0) is 21.8. The molecule has 0 saturated heterocycles. The molecule has 0 aliphatic carbocycles. The first-order chi connectivity index (χ1) is 15.1. The number of aromatic nitrogens is 1. The maximum absolute atomic E-state index is 13.2. The minimum atomic E-state index is -0.510.